The van der Waals surface area contributed by atoms with Gasteiger partial charge in [-0.25, -0.2) is 4.98 Å². The minimum Gasteiger partial charge on any atom is -0.497 e. The number of halogens is 1. The predicted molar refractivity (Wildman–Crippen MR) is 102 cm³/mol. The molecule has 1 aromatic heterocycles. The van der Waals surface area contributed by atoms with E-state index in [-0.39, 0.29) is 11.3 Å². The molecule has 0 aliphatic heterocycles. The van der Waals surface area contributed by atoms with Crippen molar-refractivity contribution in [3.63, 3.8) is 0 Å². The number of methoxy groups -OCH3 is 1. The van der Waals surface area contributed by atoms with E-state index in [1.165, 1.54) is 23.0 Å². The van der Waals surface area contributed by atoms with E-state index in [2.05, 4.69) is 4.98 Å². The maximum absolute atomic E-state index is 12.8. The Morgan fingerprint density at radius 1 is 1.19 bits per heavy atom. The fraction of sp³-hybridized carbons (Fsp3) is 0.150. The maximum atomic E-state index is 12.8. The van der Waals surface area contributed by atoms with E-state index in [1.54, 1.807) is 20.1 Å². The molecule has 0 N–H and O–H groups in total. The highest BCUT2D eigenvalue weighted by molar-refractivity contribution is 6.30. The van der Waals surface area contributed by atoms with Crippen LogP contribution in [0.2, 0.25) is 5.02 Å². The summed E-state index contributed by atoms with van der Waals surface area (Å²) in [7, 11) is 1.60. The molecule has 0 bridgehead atoms. The smallest absolute Gasteiger partial charge is 0.296 e. The van der Waals surface area contributed by atoms with Crippen molar-refractivity contribution in [1.82, 2.24) is 9.55 Å². The van der Waals surface area contributed by atoms with Gasteiger partial charge in [0.05, 0.1) is 37.3 Å². The summed E-state index contributed by atoms with van der Waals surface area (Å²) < 4.78 is 12.3. The van der Waals surface area contributed by atoms with Gasteiger partial charge in [0.1, 0.15) is 11.5 Å². The van der Waals surface area contributed by atoms with E-state index in [4.69, 9.17) is 26.3 Å². The lowest BCUT2D eigenvalue weighted by Gasteiger charge is -2.12. The molecule has 0 aliphatic carbocycles. The van der Waals surface area contributed by atoms with Gasteiger partial charge in [0.15, 0.2) is 0 Å². The first-order chi connectivity index (χ1) is 13.0. The van der Waals surface area contributed by atoms with Gasteiger partial charge in [0.2, 0.25) is 5.75 Å². The summed E-state index contributed by atoms with van der Waals surface area (Å²) in [4.78, 5) is 17.1. The van der Waals surface area contributed by atoms with Crippen LogP contribution in [0.3, 0.4) is 0 Å². The SMILES string of the molecule is COc1ccc(Cn2cnc(C)c(Oc3cc(Cl)cc(C#N)c3)c2=O)cc1. The van der Waals surface area contributed by atoms with Gasteiger partial charge in [-0.1, -0.05) is 23.7 Å². The zero-order chi connectivity index (χ0) is 19.4. The number of aromatic nitrogens is 2. The van der Waals surface area contributed by atoms with Crippen LogP contribution in [0, 0.1) is 18.3 Å². The Hall–Kier alpha value is -3.30. The Balaban J connectivity index is 1.92. The van der Waals surface area contributed by atoms with E-state index in [0.717, 1.165) is 11.3 Å². The van der Waals surface area contributed by atoms with Gasteiger partial charge >= 0.3 is 0 Å². The lowest BCUT2D eigenvalue weighted by atomic mass is 10.2. The number of aryl methyl sites for hydroxylation is 1. The highest BCUT2D eigenvalue weighted by atomic mass is 35.5. The summed E-state index contributed by atoms with van der Waals surface area (Å²) in [5.41, 5.74) is 1.39. The average molecular weight is 382 g/mol. The number of benzene rings is 2. The standard InChI is InChI=1S/C20H16ClN3O3/c1-13-19(27-18-8-15(10-22)7-16(21)9-18)20(25)24(12-23-13)11-14-3-5-17(26-2)6-4-14/h3-9,12H,11H2,1-2H3. The van der Waals surface area contributed by atoms with Gasteiger partial charge in [-0.2, -0.15) is 5.26 Å². The summed E-state index contributed by atoms with van der Waals surface area (Å²) in [5.74, 6) is 1.15. The van der Waals surface area contributed by atoms with Gasteiger partial charge < -0.3 is 9.47 Å². The third-order valence-corrected chi connectivity index (χ3v) is 4.12. The molecule has 2 aromatic carbocycles. The fourth-order valence-electron chi connectivity index (χ4n) is 2.51. The van der Waals surface area contributed by atoms with E-state index in [1.807, 2.05) is 30.3 Å². The molecule has 7 heteroatoms. The molecule has 0 saturated carbocycles. The number of nitriles is 1. The summed E-state index contributed by atoms with van der Waals surface area (Å²) in [6, 6.07) is 14.0. The Labute approximate surface area is 161 Å². The number of rotatable bonds is 5. The van der Waals surface area contributed by atoms with Crippen molar-refractivity contribution in [1.29, 1.82) is 5.26 Å². The van der Waals surface area contributed by atoms with Crippen LogP contribution < -0.4 is 15.0 Å². The van der Waals surface area contributed by atoms with E-state index in [9.17, 15) is 4.79 Å². The molecule has 0 spiro atoms. The lowest BCUT2D eigenvalue weighted by Crippen LogP contribution is -2.23. The highest BCUT2D eigenvalue weighted by Crippen LogP contribution is 2.25. The quantitative estimate of drug-likeness (QED) is 0.669. The molecule has 0 fully saturated rings. The largest absolute Gasteiger partial charge is 0.497 e. The van der Waals surface area contributed by atoms with Crippen molar-refractivity contribution in [2.45, 2.75) is 13.5 Å². The molecule has 0 unspecified atom stereocenters. The summed E-state index contributed by atoms with van der Waals surface area (Å²) in [6.45, 7) is 2.02. The van der Waals surface area contributed by atoms with Crippen LogP contribution >= 0.6 is 11.6 Å². The van der Waals surface area contributed by atoms with Crippen molar-refractivity contribution in [2.75, 3.05) is 7.11 Å². The van der Waals surface area contributed by atoms with Crippen LogP contribution in [-0.2, 0) is 6.54 Å². The average Bonchev–Trinajstić information content (AvgIpc) is 2.67. The van der Waals surface area contributed by atoms with Crippen molar-refractivity contribution in [3.8, 4) is 23.3 Å². The first-order valence-electron chi connectivity index (χ1n) is 8.07. The third kappa shape index (κ3) is 4.27. The summed E-state index contributed by atoms with van der Waals surface area (Å²) in [6.07, 6.45) is 1.48. The highest BCUT2D eigenvalue weighted by Gasteiger charge is 2.13. The molecule has 3 rings (SSSR count). The maximum Gasteiger partial charge on any atom is 0.296 e. The van der Waals surface area contributed by atoms with Gasteiger partial charge in [-0.05, 0) is 42.8 Å². The minimum atomic E-state index is -0.322. The van der Waals surface area contributed by atoms with E-state index < -0.39 is 0 Å². The minimum absolute atomic E-state index is 0.0946. The molecule has 136 valence electrons. The van der Waals surface area contributed by atoms with Crippen molar-refractivity contribution in [3.05, 3.63) is 81.0 Å². The van der Waals surface area contributed by atoms with Gasteiger partial charge in [0.25, 0.3) is 5.56 Å². The first kappa shape index (κ1) is 18.5. The van der Waals surface area contributed by atoms with Crippen LogP contribution in [0.1, 0.15) is 16.8 Å². The molecular weight excluding hydrogens is 366 g/mol. The Bertz CT molecular complexity index is 1070. The van der Waals surface area contributed by atoms with Crippen molar-refractivity contribution >= 4 is 11.6 Å². The van der Waals surface area contributed by atoms with Gasteiger partial charge in [-0.15, -0.1) is 0 Å². The molecule has 0 radical (unpaired) electrons. The summed E-state index contributed by atoms with van der Waals surface area (Å²) >= 11 is 6.00. The predicted octanol–water partition coefficient (Wildman–Crippen LogP) is 3.93. The molecule has 6 nitrogen and oxygen atoms in total. The van der Waals surface area contributed by atoms with Crippen LogP contribution in [-0.4, -0.2) is 16.7 Å². The van der Waals surface area contributed by atoms with E-state index >= 15 is 0 Å². The molecule has 1 heterocycles. The fourth-order valence-corrected chi connectivity index (χ4v) is 2.74. The second kappa shape index (κ2) is 7.94. The summed E-state index contributed by atoms with van der Waals surface area (Å²) in [5, 5.41) is 9.41. The van der Waals surface area contributed by atoms with Crippen molar-refractivity contribution in [2.24, 2.45) is 0 Å². The number of ether oxygens (including phenoxy) is 2. The van der Waals surface area contributed by atoms with Crippen LogP contribution in [0.25, 0.3) is 0 Å². The topological polar surface area (TPSA) is 77.1 Å². The molecule has 0 amide bonds. The monoisotopic (exact) mass is 381 g/mol. The molecule has 0 aliphatic rings. The Morgan fingerprint density at radius 2 is 1.93 bits per heavy atom. The third-order valence-electron chi connectivity index (χ3n) is 3.91. The normalized spacial score (nSPS) is 10.3. The second-order valence-electron chi connectivity index (χ2n) is 5.83. The lowest BCUT2D eigenvalue weighted by molar-refractivity contribution is 0.414. The second-order valence-corrected chi connectivity index (χ2v) is 6.27. The number of hydrogen-bond donors (Lipinski definition) is 0. The van der Waals surface area contributed by atoms with E-state index in [0.29, 0.717) is 28.6 Å². The molecule has 3 aromatic rings. The zero-order valence-corrected chi connectivity index (χ0v) is 15.5. The van der Waals surface area contributed by atoms with Crippen molar-refractivity contribution < 1.29 is 9.47 Å². The van der Waals surface area contributed by atoms with Crippen LogP contribution in [0.4, 0.5) is 0 Å². The Morgan fingerprint density at radius 3 is 2.59 bits per heavy atom. The van der Waals surface area contributed by atoms with Crippen LogP contribution in [0.5, 0.6) is 17.2 Å². The Kier molecular flexibility index (Phi) is 5.43. The van der Waals surface area contributed by atoms with Gasteiger partial charge in [-0.3, -0.25) is 9.36 Å². The number of hydrogen-bond acceptors (Lipinski definition) is 5. The molecular formula is C20H16ClN3O3. The zero-order valence-electron chi connectivity index (χ0n) is 14.8. The molecule has 27 heavy (non-hydrogen) atoms. The number of nitrogens with zero attached hydrogens (tertiary/aromatic N) is 3. The molecule has 0 atom stereocenters. The van der Waals surface area contributed by atoms with Gasteiger partial charge in [0, 0.05) is 5.02 Å². The van der Waals surface area contributed by atoms with Crippen LogP contribution in [0.15, 0.2) is 53.6 Å². The molecule has 0 saturated heterocycles. The first-order valence-corrected chi connectivity index (χ1v) is 8.45.